The number of carboxylic acid groups (broad SMARTS) is 1. The van der Waals surface area contributed by atoms with Gasteiger partial charge in [-0.1, -0.05) is 0 Å². The summed E-state index contributed by atoms with van der Waals surface area (Å²) >= 11 is 0. The molecular weight excluding hydrogens is 216 g/mol. The summed E-state index contributed by atoms with van der Waals surface area (Å²) in [5.74, 6) is -1.38. The summed E-state index contributed by atoms with van der Waals surface area (Å²) in [7, 11) is 1.52. The lowest BCUT2D eigenvalue weighted by Crippen LogP contribution is -2.43. The van der Waals surface area contributed by atoms with Crippen LogP contribution in [0.2, 0.25) is 0 Å². The Morgan fingerprint density at radius 3 is 2.38 bits per heavy atom. The number of carbonyl (C=O) groups excluding carboxylic acids is 1. The molecule has 94 valence electrons. The first kappa shape index (κ1) is 14.7. The van der Waals surface area contributed by atoms with Gasteiger partial charge in [-0.2, -0.15) is 0 Å². The number of hydrogen-bond acceptors (Lipinski definition) is 4. The molecule has 7 nitrogen and oxygen atoms in total. The minimum absolute atomic E-state index is 0.340. The average Bonchev–Trinajstić information content (AvgIpc) is 2.21. The van der Waals surface area contributed by atoms with E-state index in [2.05, 4.69) is 5.32 Å². The molecule has 16 heavy (non-hydrogen) atoms. The molecular formula is C9H18N2O5. The van der Waals surface area contributed by atoms with Crippen molar-refractivity contribution in [3.63, 3.8) is 0 Å². The largest absolute Gasteiger partial charge is 0.479 e. The van der Waals surface area contributed by atoms with Gasteiger partial charge in [0.05, 0.1) is 12.6 Å². The highest BCUT2D eigenvalue weighted by atomic mass is 16.4. The molecule has 7 heteroatoms. The second-order valence-electron chi connectivity index (χ2n) is 3.60. The molecule has 0 aliphatic heterocycles. The van der Waals surface area contributed by atoms with E-state index in [4.69, 9.17) is 15.3 Å². The lowest BCUT2D eigenvalue weighted by molar-refractivity contribution is -0.146. The second kappa shape index (κ2) is 7.02. The Kier molecular flexibility index (Phi) is 6.43. The molecule has 1 unspecified atom stereocenters. The van der Waals surface area contributed by atoms with Crippen LogP contribution in [0.15, 0.2) is 0 Å². The maximum absolute atomic E-state index is 11.3. The number of urea groups is 1. The van der Waals surface area contributed by atoms with Crippen molar-refractivity contribution in [1.29, 1.82) is 0 Å². The van der Waals surface area contributed by atoms with Crippen LogP contribution in [-0.4, -0.2) is 64.6 Å². The zero-order valence-corrected chi connectivity index (χ0v) is 9.38. The van der Waals surface area contributed by atoms with Crippen molar-refractivity contribution in [3.8, 4) is 0 Å². The van der Waals surface area contributed by atoms with Crippen molar-refractivity contribution in [2.45, 2.75) is 25.6 Å². The van der Waals surface area contributed by atoms with Gasteiger partial charge in [0, 0.05) is 13.6 Å². The van der Waals surface area contributed by atoms with E-state index in [9.17, 15) is 9.59 Å². The molecule has 0 fully saturated rings. The van der Waals surface area contributed by atoms with Gasteiger partial charge in [-0.05, 0) is 13.3 Å². The number of aliphatic hydroxyl groups is 2. The van der Waals surface area contributed by atoms with Crippen LogP contribution in [0.25, 0.3) is 0 Å². The summed E-state index contributed by atoms with van der Waals surface area (Å²) < 4.78 is 0. The maximum Gasteiger partial charge on any atom is 0.334 e. The number of aliphatic hydroxyl groups excluding tert-OH is 2. The summed E-state index contributed by atoms with van der Waals surface area (Å²) in [6.45, 7) is 1.62. The molecule has 0 rings (SSSR count). The van der Waals surface area contributed by atoms with Gasteiger partial charge in [0.1, 0.15) is 0 Å². The van der Waals surface area contributed by atoms with Gasteiger partial charge in [-0.3, -0.25) is 0 Å². The lowest BCUT2D eigenvalue weighted by Gasteiger charge is -2.19. The molecule has 0 spiro atoms. The van der Waals surface area contributed by atoms with Gasteiger partial charge in [-0.25, -0.2) is 9.59 Å². The van der Waals surface area contributed by atoms with Crippen LogP contribution in [0.4, 0.5) is 4.79 Å². The Morgan fingerprint density at radius 2 is 1.94 bits per heavy atom. The molecule has 0 aromatic carbocycles. The Balaban J connectivity index is 3.83. The van der Waals surface area contributed by atoms with Gasteiger partial charge < -0.3 is 25.5 Å². The molecule has 4 N–H and O–H groups in total. The Morgan fingerprint density at radius 1 is 1.38 bits per heavy atom. The number of aliphatic carboxylic acids is 1. The molecule has 0 saturated carbocycles. The Labute approximate surface area is 93.7 Å². The number of nitrogens with one attached hydrogen (secondary N) is 1. The fraction of sp³-hybridized carbons (Fsp3) is 0.778. The SMILES string of the molecule is CC(O)CCN(C)C(=O)NC[C@H](O)C(=O)O. The van der Waals surface area contributed by atoms with Crippen molar-refractivity contribution < 1.29 is 24.9 Å². The average molecular weight is 234 g/mol. The summed E-state index contributed by atoms with van der Waals surface area (Å²) in [4.78, 5) is 22.9. The highest BCUT2D eigenvalue weighted by Gasteiger charge is 2.15. The molecule has 0 aromatic heterocycles. The standard InChI is InChI=1S/C9H18N2O5/c1-6(12)3-4-11(2)9(16)10-5-7(13)8(14)15/h6-7,12-13H,3-5H2,1-2H3,(H,10,16)(H,14,15)/t6?,7-/m0/s1. The first-order chi connectivity index (χ1) is 7.34. The minimum Gasteiger partial charge on any atom is -0.479 e. The first-order valence-electron chi connectivity index (χ1n) is 4.92. The van der Waals surface area contributed by atoms with Crippen molar-refractivity contribution in [2.24, 2.45) is 0 Å². The third-order valence-corrected chi connectivity index (χ3v) is 1.96. The number of amides is 2. The van der Waals surface area contributed by atoms with Crippen LogP contribution < -0.4 is 5.32 Å². The van der Waals surface area contributed by atoms with Gasteiger partial charge in [0.2, 0.25) is 0 Å². The number of carbonyl (C=O) groups is 2. The molecule has 0 saturated heterocycles. The number of nitrogens with zero attached hydrogens (tertiary/aromatic N) is 1. The molecule has 0 heterocycles. The van der Waals surface area contributed by atoms with E-state index in [0.29, 0.717) is 13.0 Å². The summed E-state index contributed by atoms with van der Waals surface area (Å²) in [5, 5.41) is 28.5. The molecule has 0 aliphatic rings. The van der Waals surface area contributed by atoms with Crippen LogP contribution in [0.3, 0.4) is 0 Å². The molecule has 0 radical (unpaired) electrons. The molecule has 0 aromatic rings. The Hall–Kier alpha value is -1.34. The van der Waals surface area contributed by atoms with Crippen LogP contribution in [0.1, 0.15) is 13.3 Å². The zero-order chi connectivity index (χ0) is 12.7. The maximum atomic E-state index is 11.3. The van der Waals surface area contributed by atoms with E-state index in [1.165, 1.54) is 11.9 Å². The molecule has 0 aliphatic carbocycles. The quantitative estimate of drug-likeness (QED) is 0.463. The highest BCUT2D eigenvalue weighted by molar-refractivity contribution is 5.76. The normalized spacial score (nSPS) is 14.0. The summed E-state index contributed by atoms with van der Waals surface area (Å²) in [5.41, 5.74) is 0. The predicted octanol–water partition coefficient (Wildman–Crippen LogP) is -1.16. The Bertz CT molecular complexity index is 244. The van der Waals surface area contributed by atoms with E-state index in [0.717, 1.165) is 0 Å². The molecule has 2 amide bonds. The van der Waals surface area contributed by atoms with Gasteiger partial charge in [0.15, 0.2) is 6.10 Å². The van der Waals surface area contributed by atoms with Gasteiger partial charge in [-0.15, -0.1) is 0 Å². The van der Waals surface area contributed by atoms with E-state index >= 15 is 0 Å². The van der Waals surface area contributed by atoms with Crippen molar-refractivity contribution in [1.82, 2.24) is 10.2 Å². The van der Waals surface area contributed by atoms with E-state index in [1.807, 2.05) is 0 Å². The van der Waals surface area contributed by atoms with Crippen LogP contribution >= 0.6 is 0 Å². The second-order valence-corrected chi connectivity index (χ2v) is 3.60. The van der Waals surface area contributed by atoms with E-state index < -0.39 is 24.2 Å². The number of hydrogen-bond donors (Lipinski definition) is 4. The predicted molar refractivity (Wildman–Crippen MR) is 56.0 cm³/mol. The monoisotopic (exact) mass is 234 g/mol. The zero-order valence-electron chi connectivity index (χ0n) is 9.38. The van der Waals surface area contributed by atoms with Crippen molar-refractivity contribution >= 4 is 12.0 Å². The summed E-state index contributed by atoms with van der Waals surface area (Å²) in [6.07, 6.45) is -1.67. The molecule has 0 bridgehead atoms. The van der Waals surface area contributed by atoms with Crippen molar-refractivity contribution in [3.05, 3.63) is 0 Å². The van der Waals surface area contributed by atoms with Crippen molar-refractivity contribution in [2.75, 3.05) is 20.1 Å². The lowest BCUT2D eigenvalue weighted by atomic mass is 10.3. The molecule has 2 atom stereocenters. The minimum atomic E-state index is -1.60. The number of carboxylic acids is 1. The van der Waals surface area contributed by atoms with Crippen LogP contribution in [-0.2, 0) is 4.79 Å². The summed E-state index contributed by atoms with van der Waals surface area (Å²) in [6, 6.07) is -0.485. The van der Waals surface area contributed by atoms with Gasteiger partial charge >= 0.3 is 12.0 Å². The highest BCUT2D eigenvalue weighted by Crippen LogP contribution is 1.93. The van der Waals surface area contributed by atoms with E-state index in [1.54, 1.807) is 6.92 Å². The third-order valence-electron chi connectivity index (χ3n) is 1.96. The van der Waals surface area contributed by atoms with Gasteiger partial charge in [0.25, 0.3) is 0 Å². The smallest absolute Gasteiger partial charge is 0.334 e. The fourth-order valence-electron chi connectivity index (χ4n) is 0.888. The third kappa shape index (κ3) is 6.20. The van der Waals surface area contributed by atoms with E-state index in [-0.39, 0.29) is 6.54 Å². The number of rotatable bonds is 6. The van der Waals surface area contributed by atoms with Crippen LogP contribution in [0, 0.1) is 0 Å². The van der Waals surface area contributed by atoms with Crippen LogP contribution in [0.5, 0.6) is 0 Å². The topological polar surface area (TPSA) is 110 Å². The fourth-order valence-corrected chi connectivity index (χ4v) is 0.888. The first-order valence-corrected chi connectivity index (χ1v) is 4.92.